The van der Waals surface area contributed by atoms with Crippen LogP contribution in [0.4, 0.5) is 0 Å². The van der Waals surface area contributed by atoms with E-state index in [-0.39, 0.29) is 36.7 Å². The van der Waals surface area contributed by atoms with Crippen LogP contribution in [0.15, 0.2) is 0 Å². The van der Waals surface area contributed by atoms with Crippen LogP contribution in [-0.2, 0) is 23.8 Å². The zero-order chi connectivity index (χ0) is 15.6. The molecule has 0 amide bonds. The van der Waals surface area contributed by atoms with Crippen molar-refractivity contribution < 1.29 is 23.8 Å². The molecule has 0 heterocycles. The summed E-state index contributed by atoms with van der Waals surface area (Å²) in [7, 11) is 1.49. The third-order valence-electron chi connectivity index (χ3n) is 5.07. The highest BCUT2D eigenvalue weighted by Crippen LogP contribution is 2.50. The molecular formula is C16H26O5. The molecule has 0 radical (unpaired) electrons. The van der Waals surface area contributed by atoms with Gasteiger partial charge >= 0.3 is 11.9 Å². The van der Waals surface area contributed by atoms with Crippen molar-refractivity contribution in [1.82, 2.24) is 0 Å². The van der Waals surface area contributed by atoms with Crippen molar-refractivity contribution >= 4 is 11.9 Å². The SMILES string of the molecule is CCC(C)(C)C(=O)OC1CC2CC(C(=O)OCOC)C1C2. The Kier molecular flexibility index (Phi) is 4.91. The van der Waals surface area contributed by atoms with Crippen LogP contribution < -0.4 is 0 Å². The summed E-state index contributed by atoms with van der Waals surface area (Å²) < 4.78 is 15.6. The Morgan fingerprint density at radius 1 is 1.19 bits per heavy atom. The summed E-state index contributed by atoms with van der Waals surface area (Å²) >= 11 is 0. The van der Waals surface area contributed by atoms with Gasteiger partial charge in [-0.1, -0.05) is 6.92 Å². The van der Waals surface area contributed by atoms with Gasteiger partial charge in [0.2, 0.25) is 0 Å². The molecule has 0 spiro atoms. The van der Waals surface area contributed by atoms with Gasteiger partial charge in [0.05, 0.1) is 11.3 Å². The van der Waals surface area contributed by atoms with Crippen molar-refractivity contribution in [3.63, 3.8) is 0 Å². The molecule has 0 aromatic carbocycles. The predicted molar refractivity (Wildman–Crippen MR) is 76.2 cm³/mol. The Morgan fingerprint density at radius 3 is 2.48 bits per heavy atom. The van der Waals surface area contributed by atoms with Gasteiger partial charge in [-0.05, 0) is 45.4 Å². The number of hydrogen-bond donors (Lipinski definition) is 0. The van der Waals surface area contributed by atoms with Crippen LogP contribution in [0.25, 0.3) is 0 Å². The number of methoxy groups -OCH3 is 1. The highest BCUT2D eigenvalue weighted by Gasteiger charge is 2.52. The van der Waals surface area contributed by atoms with E-state index in [1.807, 2.05) is 20.8 Å². The molecule has 4 unspecified atom stereocenters. The molecule has 0 saturated heterocycles. The monoisotopic (exact) mass is 298 g/mol. The van der Waals surface area contributed by atoms with Crippen molar-refractivity contribution in [1.29, 1.82) is 0 Å². The fourth-order valence-electron chi connectivity index (χ4n) is 3.36. The maximum atomic E-state index is 12.2. The largest absolute Gasteiger partial charge is 0.462 e. The maximum absolute atomic E-state index is 12.2. The topological polar surface area (TPSA) is 61.8 Å². The fraction of sp³-hybridized carbons (Fsp3) is 0.875. The molecule has 0 N–H and O–H groups in total. The molecule has 0 aliphatic heterocycles. The minimum absolute atomic E-state index is 0.0138. The average molecular weight is 298 g/mol. The number of carbonyl (C=O) groups excluding carboxylic acids is 2. The number of esters is 2. The lowest BCUT2D eigenvalue weighted by atomic mass is 9.86. The molecule has 5 nitrogen and oxygen atoms in total. The zero-order valence-electron chi connectivity index (χ0n) is 13.4. The lowest BCUT2D eigenvalue weighted by Crippen LogP contribution is -2.37. The van der Waals surface area contributed by atoms with E-state index < -0.39 is 5.41 Å². The smallest absolute Gasteiger partial charge is 0.311 e. The molecule has 2 aliphatic carbocycles. The van der Waals surface area contributed by atoms with Gasteiger partial charge in [-0.2, -0.15) is 0 Å². The minimum Gasteiger partial charge on any atom is -0.462 e. The van der Waals surface area contributed by atoms with E-state index in [4.69, 9.17) is 14.2 Å². The summed E-state index contributed by atoms with van der Waals surface area (Å²) in [6, 6.07) is 0. The standard InChI is InChI=1S/C16H26O5/c1-5-16(2,3)15(18)21-13-8-10-6-11(13)12(7-10)14(17)20-9-19-4/h10-13H,5-9H2,1-4H3. The highest BCUT2D eigenvalue weighted by molar-refractivity contribution is 5.76. The van der Waals surface area contributed by atoms with E-state index >= 15 is 0 Å². The third-order valence-corrected chi connectivity index (χ3v) is 5.07. The van der Waals surface area contributed by atoms with Crippen LogP contribution in [0.2, 0.25) is 0 Å². The first-order valence-electron chi connectivity index (χ1n) is 7.75. The second-order valence-corrected chi connectivity index (χ2v) is 6.89. The van der Waals surface area contributed by atoms with Crippen molar-refractivity contribution in [2.75, 3.05) is 13.9 Å². The first-order chi connectivity index (χ1) is 9.89. The number of fused-ring (bicyclic) bond motifs is 2. The fourth-order valence-corrected chi connectivity index (χ4v) is 3.36. The molecule has 0 aromatic heterocycles. The Bertz CT molecular complexity index is 403. The van der Waals surface area contributed by atoms with Gasteiger partial charge < -0.3 is 14.2 Å². The van der Waals surface area contributed by atoms with Crippen molar-refractivity contribution in [3.05, 3.63) is 0 Å². The Hall–Kier alpha value is -1.10. The lowest BCUT2D eigenvalue weighted by Gasteiger charge is -2.30. The number of rotatable bonds is 6. The summed E-state index contributed by atoms with van der Waals surface area (Å²) in [5.74, 6) is 0.0430. The quantitative estimate of drug-likeness (QED) is 0.557. The van der Waals surface area contributed by atoms with Crippen LogP contribution in [-0.4, -0.2) is 31.9 Å². The molecule has 0 aromatic rings. The number of hydrogen-bond acceptors (Lipinski definition) is 5. The summed E-state index contributed by atoms with van der Waals surface area (Å²) in [5.41, 5.74) is -0.464. The molecule has 2 bridgehead atoms. The van der Waals surface area contributed by atoms with E-state index in [1.54, 1.807) is 0 Å². The first kappa shape index (κ1) is 16.3. The van der Waals surface area contributed by atoms with Crippen molar-refractivity contribution in [2.24, 2.45) is 23.2 Å². The van der Waals surface area contributed by atoms with E-state index in [2.05, 4.69) is 0 Å². The Labute approximate surface area is 126 Å². The second kappa shape index (κ2) is 6.34. The van der Waals surface area contributed by atoms with E-state index in [1.165, 1.54) is 7.11 Å². The predicted octanol–water partition coefficient (Wildman–Crippen LogP) is 2.53. The molecule has 2 aliphatic rings. The molecule has 2 saturated carbocycles. The van der Waals surface area contributed by atoms with Crippen LogP contribution in [0.3, 0.4) is 0 Å². The Balaban J connectivity index is 1.95. The van der Waals surface area contributed by atoms with Crippen LogP contribution in [0, 0.1) is 23.2 Å². The van der Waals surface area contributed by atoms with Gasteiger partial charge in [0.1, 0.15) is 6.10 Å². The molecular weight excluding hydrogens is 272 g/mol. The molecule has 4 atom stereocenters. The Morgan fingerprint density at radius 2 is 1.90 bits per heavy atom. The zero-order valence-corrected chi connectivity index (χ0v) is 13.4. The van der Waals surface area contributed by atoms with Crippen LogP contribution in [0.5, 0.6) is 0 Å². The highest BCUT2D eigenvalue weighted by atomic mass is 16.7. The molecule has 21 heavy (non-hydrogen) atoms. The van der Waals surface area contributed by atoms with Gasteiger partial charge in [0, 0.05) is 13.0 Å². The number of ether oxygens (including phenoxy) is 3. The maximum Gasteiger partial charge on any atom is 0.311 e. The molecule has 120 valence electrons. The van der Waals surface area contributed by atoms with Gasteiger partial charge in [-0.15, -0.1) is 0 Å². The second-order valence-electron chi connectivity index (χ2n) is 6.89. The van der Waals surface area contributed by atoms with E-state index in [0.717, 1.165) is 25.7 Å². The van der Waals surface area contributed by atoms with Crippen molar-refractivity contribution in [2.45, 2.75) is 52.6 Å². The van der Waals surface area contributed by atoms with Crippen LogP contribution in [0.1, 0.15) is 46.5 Å². The van der Waals surface area contributed by atoms with Crippen LogP contribution >= 0.6 is 0 Å². The molecule has 2 rings (SSSR count). The summed E-state index contributed by atoms with van der Waals surface area (Å²) in [6.07, 6.45) is 3.29. The van der Waals surface area contributed by atoms with Gasteiger partial charge in [-0.3, -0.25) is 9.59 Å². The molecule has 5 heteroatoms. The van der Waals surface area contributed by atoms with Gasteiger partial charge in [-0.25, -0.2) is 0 Å². The summed E-state index contributed by atoms with van der Waals surface area (Å²) in [5, 5.41) is 0. The summed E-state index contributed by atoms with van der Waals surface area (Å²) in [6.45, 7) is 5.76. The summed E-state index contributed by atoms with van der Waals surface area (Å²) in [4.78, 5) is 24.3. The van der Waals surface area contributed by atoms with Gasteiger partial charge in [0.25, 0.3) is 0 Å². The van der Waals surface area contributed by atoms with E-state index in [0.29, 0.717) is 5.92 Å². The van der Waals surface area contributed by atoms with Crippen molar-refractivity contribution in [3.8, 4) is 0 Å². The lowest BCUT2D eigenvalue weighted by molar-refractivity contribution is -0.171. The minimum atomic E-state index is -0.464. The third kappa shape index (κ3) is 3.39. The van der Waals surface area contributed by atoms with Gasteiger partial charge in [0.15, 0.2) is 6.79 Å². The molecule has 2 fully saturated rings. The first-order valence-corrected chi connectivity index (χ1v) is 7.75. The van der Waals surface area contributed by atoms with E-state index in [9.17, 15) is 9.59 Å². The average Bonchev–Trinajstić information content (AvgIpc) is 3.04. The number of carbonyl (C=O) groups is 2. The normalized spacial score (nSPS) is 31.2.